The van der Waals surface area contributed by atoms with Gasteiger partial charge in [-0.3, -0.25) is 14.4 Å². The van der Waals surface area contributed by atoms with Gasteiger partial charge in [0.25, 0.3) is 5.91 Å². The minimum absolute atomic E-state index is 0.00917. The number of benzene rings is 1. The molecule has 0 radical (unpaired) electrons. The third kappa shape index (κ3) is 32.5. The fourth-order valence-electron chi connectivity index (χ4n) is 5.32. The van der Waals surface area contributed by atoms with Gasteiger partial charge in [0.1, 0.15) is 24.8 Å². The fourth-order valence-corrected chi connectivity index (χ4v) is 5.83. The Morgan fingerprint density at radius 1 is 0.610 bits per heavy atom. The molecule has 18 heteroatoms. The largest absolute Gasteiger partial charge is 0.494 e. The lowest BCUT2D eigenvalue weighted by Gasteiger charge is -2.07. The van der Waals surface area contributed by atoms with Crippen molar-refractivity contribution in [3.63, 3.8) is 0 Å². The Labute approximate surface area is 349 Å². The number of ketones is 1. The first-order chi connectivity index (χ1) is 28.4. The molecular weight excluding hydrogens is 789 g/mol. The number of primary sulfonamides is 1. The van der Waals surface area contributed by atoms with Crippen LogP contribution < -0.4 is 15.2 Å². The smallest absolute Gasteiger partial charge is 0.329 e. The van der Waals surface area contributed by atoms with E-state index in [-0.39, 0.29) is 49.6 Å². The number of aryl methyl sites for hydroxylation is 1. The average Bonchev–Trinajstić information content (AvgIpc) is 3.19. The number of Topliss-reactive ketones (excluding diaryl/α,β-unsaturated/α-hetero) is 1. The number of carbonyl (C=O) groups is 4. The van der Waals surface area contributed by atoms with Gasteiger partial charge in [-0.2, -0.15) is 0 Å². The number of nitrogens with two attached hydrogens (primary N) is 1. The van der Waals surface area contributed by atoms with Crippen LogP contribution in [0.5, 0.6) is 5.75 Å². The van der Waals surface area contributed by atoms with Crippen LogP contribution in [-0.4, -0.2) is 118 Å². The number of hydrogen-bond donors (Lipinski definition) is 4. The van der Waals surface area contributed by atoms with Crippen LogP contribution in [0.3, 0.4) is 0 Å². The molecule has 0 fully saturated rings. The summed E-state index contributed by atoms with van der Waals surface area (Å²) in [5.41, 5.74) is 0.388. The molecule has 0 unspecified atom stereocenters. The molecular formula is C41H66N4O13S. The summed E-state index contributed by atoms with van der Waals surface area (Å²) in [4.78, 5) is 52.1. The summed E-state index contributed by atoms with van der Waals surface area (Å²) in [6.45, 7) is 4.19. The van der Waals surface area contributed by atoms with E-state index in [2.05, 4.69) is 15.3 Å². The minimum Gasteiger partial charge on any atom is -0.494 e. The van der Waals surface area contributed by atoms with Crippen LogP contribution in [0.2, 0.25) is 0 Å². The van der Waals surface area contributed by atoms with Crippen molar-refractivity contribution in [3.05, 3.63) is 48.0 Å². The molecule has 334 valence electrons. The molecule has 2 aromatic rings. The van der Waals surface area contributed by atoms with Gasteiger partial charge in [0.15, 0.2) is 5.78 Å². The summed E-state index contributed by atoms with van der Waals surface area (Å²) in [6, 6.07) is 6.19. The van der Waals surface area contributed by atoms with Gasteiger partial charge < -0.3 is 39.2 Å². The zero-order chi connectivity index (χ0) is 43.4. The van der Waals surface area contributed by atoms with E-state index in [1.807, 2.05) is 0 Å². The van der Waals surface area contributed by atoms with E-state index >= 15 is 0 Å². The molecule has 17 nitrogen and oxygen atoms in total. The molecule has 0 aliphatic carbocycles. The maximum atomic E-state index is 11.8. The number of amides is 1. The van der Waals surface area contributed by atoms with Crippen LogP contribution in [0.25, 0.3) is 0 Å². The maximum Gasteiger partial charge on any atom is 0.329 e. The number of rotatable bonds is 36. The Bertz CT molecular complexity index is 1530. The number of nitrogens with zero attached hydrogens (tertiary/aromatic N) is 2. The predicted molar refractivity (Wildman–Crippen MR) is 220 cm³/mol. The van der Waals surface area contributed by atoms with Crippen molar-refractivity contribution in [3.8, 4) is 5.75 Å². The van der Waals surface area contributed by atoms with Crippen molar-refractivity contribution >= 4 is 33.7 Å². The summed E-state index contributed by atoms with van der Waals surface area (Å²) in [7, 11) is -3.65. The van der Waals surface area contributed by atoms with E-state index in [4.69, 9.17) is 39.0 Å². The summed E-state index contributed by atoms with van der Waals surface area (Å²) in [6.07, 6.45) is 19.4. The highest BCUT2D eigenvalue weighted by atomic mass is 32.2. The molecule has 1 aromatic carbocycles. The van der Waals surface area contributed by atoms with Crippen LogP contribution in [0.15, 0.2) is 41.6 Å². The highest BCUT2D eigenvalue weighted by Gasteiger charge is 2.08. The number of aliphatic carboxylic acids is 2. The summed E-state index contributed by atoms with van der Waals surface area (Å²) < 4.78 is 48.6. The van der Waals surface area contributed by atoms with Crippen molar-refractivity contribution < 1.29 is 61.5 Å². The summed E-state index contributed by atoms with van der Waals surface area (Å²) in [5.74, 6) is -0.743. The first-order valence-electron chi connectivity index (χ1n) is 20.5. The van der Waals surface area contributed by atoms with Crippen LogP contribution in [0.1, 0.15) is 119 Å². The zero-order valence-corrected chi connectivity index (χ0v) is 35.4. The van der Waals surface area contributed by atoms with Gasteiger partial charge in [-0.15, -0.1) is 0 Å². The predicted octanol–water partition coefficient (Wildman–Crippen LogP) is 5.27. The third-order valence-corrected chi connectivity index (χ3v) is 9.44. The lowest BCUT2D eigenvalue weighted by molar-refractivity contribution is -0.143. The van der Waals surface area contributed by atoms with E-state index in [1.54, 1.807) is 19.1 Å². The number of aromatic nitrogens is 2. The molecule has 2 rings (SSSR count). The molecule has 0 aliphatic heterocycles. The molecule has 1 heterocycles. The van der Waals surface area contributed by atoms with Gasteiger partial charge in [0, 0.05) is 38.4 Å². The van der Waals surface area contributed by atoms with Crippen LogP contribution in [-0.2, 0) is 43.4 Å². The van der Waals surface area contributed by atoms with E-state index in [1.165, 1.54) is 75.9 Å². The minimum atomic E-state index is -3.65. The fraction of sp³-hybridized carbons (Fsp3) is 0.659. The third-order valence-electron chi connectivity index (χ3n) is 8.51. The average molecular weight is 855 g/mol. The first-order valence-corrected chi connectivity index (χ1v) is 22.0. The Kier molecular flexibility index (Phi) is 31.2. The maximum absolute atomic E-state index is 11.8. The van der Waals surface area contributed by atoms with Gasteiger partial charge in [-0.1, -0.05) is 70.6 Å². The number of hydrogen-bond acceptors (Lipinski definition) is 13. The Morgan fingerprint density at radius 3 is 1.66 bits per heavy atom. The van der Waals surface area contributed by atoms with Gasteiger partial charge in [-0.25, -0.2) is 28.3 Å². The van der Waals surface area contributed by atoms with Gasteiger partial charge >= 0.3 is 11.9 Å². The molecule has 0 saturated heterocycles. The highest BCUT2D eigenvalue weighted by molar-refractivity contribution is 7.89. The highest BCUT2D eigenvalue weighted by Crippen LogP contribution is 2.16. The molecule has 0 spiro atoms. The second-order valence-electron chi connectivity index (χ2n) is 13.7. The van der Waals surface area contributed by atoms with Gasteiger partial charge in [-0.05, 0) is 50.5 Å². The molecule has 0 saturated carbocycles. The second kappa shape index (κ2) is 34.8. The lowest BCUT2D eigenvalue weighted by Crippen LogP contribution is -2.28. The number of carbonyl (C=O) groups excluding carboxylic acids is 2. The van der Waals surface area contributed by atoms with E-state index in [0.29, 0.717) is 69.4 Å². The molecule has 1 amide bonds. The number of unbranched alkanes of at least 4 members (excludes halogenated alkanes) is 12. The topological polar surface area (TPSA) is 253 Å². The molecule has 5 N–H and O–H groups in total. The van der Waals surface area contributed by atoms with Crippen molar-refractivity contribution in [1.82, 2.24) is 15.3 Å². The number of nitrogens with one attached hydrogen (secondary N) is 1. The number of ether oxygens (including phenoxy) is 5. The Balaban J connectivity index is 0.000000590. The quantitative estimate of drug-likeness (QED) is 0.0637. The Hall–Kier alpha value is -4.07. The molecule has 0 atom stereocenters. The van der Waals surface area contributed by atoms with Gasteiger partial charge in [0.05, 0.1) is 50.1 Å². The monoisotopic (exact) mass is 854 g/mol. The Morgan fingerprint density at radius 2 is 1.12 bits per heavy atom. The molecule has 1 aromatic heterocycles. The van der Waals surface area contributed by atoms with Gasteiger partial charge in [0.2, 0.25) is 10.0 Å². The van der Waals surface area contributed by atoms with Crippen molar-refractivity contribution in [2.75, 3.05) is 66.0 Å². The van der Waals surface area contributed by atoms with E-state index in [9.17, 15) is 27.6 Å². The molecule has 59 heavy (non-hydrogen) atoms. The van der Waals surface area contributed by atoms with Crippen LogP contribution in [0.4, 0.5) is 0 Å². The SMILES string of the molecule is Cc1ncc(C(=O)NCCOCCOCC(=O)CCCOCCOCC(=O)O)cn1.NS(=O)(=O)c1ccc(OCCCCCCCCCCCCCCCC(=O)O)cc1. The zero-order valence-electron chi connectivity index (χ0n) is 34.6. The normalized spacial score (nSPS) is 11.1. The second-order valence-corrected chi connectivity index (χ2v) is 15.3. The molecule has 0 aliphatic rings. The number of carboxylic acids is 2. The van der Waals surface area contributed by atoms with Crippen molar-refractivity contribution in [2.45, 2.75) is 115 Å². The van der Waals surface area contributed by atoms with Crippen LogP contribution in [0, 0.1) is 6.92 Å². The van der Waals surface area contributed by atoms with Crippen molar-refractivity contribution in [1.29, 1.82) is 0 Å². The standard InChI is InChI=1S/C22H37NO5S.C19H29N3O8/c23-29(26,27)21-17-15-20(16-18-21)28-19-13-11-9-7-5-3-1-2-4-6-8-10-12-14-22(24)25;1-15-21-11-16(12-22-15)19(26)20-4-6-28-8-9-29-13-17(23)3-2-5-27-7-10-30-14-18(24)25/h15-18H,1-14,19H2,(H,24,25)(H2,23,26,27);11-12H,2-10,13-14H2,1H3,(H,20,26)(H,24,25). The van der Waals surface area contributed by atoms with Crippen molar-refractivity contribution in [2.24, 2.45) is 5.14 Å². The number of sulfonamides is 1. The van der Waals surface area contributed by atoms with Crippen LogP contribution >= 0.6 is 0 Å². The van der Waals surface area contributed by atoms with E-state index < -0.39 is 22.0 Å². The summed E-state index contributed by atoms with van der Waals surface area (Å²) in [5, 5.41) is 24.7. The first kappa shape index (κ1) is 52.9. The summed E-state index contributed by atoms with van der Waals surface area (Å²) >= 11 is 0. The van der Waals surface area contributed by atoms with E-state index in [0.717, 1.165) is 32.1 Å². The lowest BCUT2D eigenvalue weighted by atomic mass is 10.0. The number of carboxylic acid groups (broad SMARTS) is 2. The molecule has 0 bridgehead atoms.